The van der Waals surface area contributed by atoms with E-state index in [1.54, 1.807) is 6.92 Å². The van der Waals surface area contributed by atoms with E-state index >= 15 is 0 Å². The fourth-order valence-electron chi connectivity index (χ4n) is 1.20. The Morgan fingerprint density at radius 3 is 2.93 bits per heavy atom. The minimum atomic E-state index is 0.481. The van der Waals surface area contributed by atoms with Gasteiger partial charge in [0, 0.05) is 6.54 Å². The van der Waals surface area contributed by atoms with Crippen LogP contribution in [-0.2, 0) is 6.54 Å². The molecular weight excluding hydrogens is 188 g/mol. The van der Waals surface area contributed by atoms with Crippen molar-refractivity contribution in [3.63, 3.8) is 0 Å². The number of ether oxygens (including phenoxy) is 1. The van der Waals surface area contributed by atoms with E-state index in [2.05, 4.69) is 12.2 Å². The summed E-state index contributed by atoms with van der Waals surface area (Å²) < 4.78 is 5.52. The van der Waals surface area contributed by atoms with Crippen molar-refractivity contribution >= 4 is 5.84 Å². The highest BCUT2D eigenvalue weighted by Gasteiger charge is 1.96. The molecule has 2 N–H and O–H groups in total. The predicted octanol–water partition coefficient (Wildman–Crippen LogP) is 2.56. The lowest BCUT2D eigenvalue weighted by Crippen LogP contribution is -2.18. The zero-order valence-electron chi connectivity index (χ0n) is 9.34. The van der Waals surface area contributed by atoms with E-state index in [4.69, 9.17) is 10.1 Å². The molecule has 15 heavy (non-hydrogen) atoms. The van der Waals surface area contributed by atoms with E-state index in [1.807, 2.05) is 24.3 Å². The molecule has 0 saturated heterocycles. The van der Waals surface area contributed by atoms with Crippen molar-refractivity contribution in [2.24, 2.45) is 0 Å². The first-order valence-electron chi connectivity index (χ1n) is 5.23. The zero-order chi connectivity index (χ0) is 11.1. The summed E-state index contributed by atoms with van der Waals surface area (Å²) in [5, 5.41) is 10.2. The first-order valence-corrected chi connectivity index (χ1v) is 5.23. The van der Waals surface area contributed by atoms with E-state index in [0.29, 0.717) is 12.4 Å². The molecule has 0 aliphatic carbocycles. The lowest BCUT2D eigenvalue weighted by molar-refractivity contribution is 0.317. The van der Waals surface area contributed by atoms with E-state index in [1.165, 1.54) is 0 Å². The van der Waals surface area contributed by atoms with Crippen molar-refractivity contribution in [3.05, 3.63) is 29.8 Å². The Morgan fingerprint density at radius 1 is 1.47 bits per heavy atom. The van der Waals surface area contributed by atoms with E-state index < -0.39 is 0 Å². The fourth-order valence-corrected chi connectivity index (χ4v) is 1.20. The molecule has 0 saturated carbocycles. The molecule has 82 valence electrons. The summed E-state index contributed by atoms with van der Waals surface area (Å²) in [5.74, 6) is 1.38. The van der Waals surface area contributed by atoms with Crippen LogP contribution in [-0.4, -0.2) is 12.4 Å². The minimum Gasteiger partial charge on any atom is -0.494 e. The summed E-state index contributed by atoms with van der Waals surface area (Å²) in [7, 11) is 0. The van der Waals surface area contributed by atoms with Crippen LogP contribution in [0, 0.1) is 5.41 Å². The molecule has 1 aromatic carbocycles. The molecule has 3 heteroatoms. The van der Waals surface area contributed by atoms with E-state index in [0.717, 1.165) is 24.3 Å². The summed E-state index contributed by atoms with van der Waals surface area (Å²) in [6, 6.07) is 7.96. The molecule has 0 radical (unpaired) electrons. The molecule has 0 heterocycles. The third-order valence-electron chi connectivity index (χ3n) is 1.93. The molecule has 0 amide bonds. The zero-order valence-corrected chi connectivity index (χ0v) is 9.34. The second-order valence-electron chi connectivity index (χ2n) is 3.47. The van der Waals surface area contributed by atoms with Crippen LogP contribution in [0.1, 0.15) is 25.8 Å². The van der Waals surface area contributed by atoms with Crippen molar-refractivity contribution in [1.82, 2.24) is 5.32 Å². The van der Waals surface area contributed by atoms with Crippen molar-refractivity contribution in [1.29, 1.82) is 5.41 Å². The van der Waals surface area contributed by atoms with Crippen LogP contribution >= 0.6 is 0 Å². The maximum atomic E-state index is 7.27. The number of amidine groups is 1. The number of nitrogens with one attached hydrogen (secondary N) is 2. The topological polar surface area (TPSA) is 45.1 Å². The van der Waals surface area contributed by atoms with Crippen molar-refractivity contribution in [2.75, 3.05) is 6.61 Å². The van der Waals surface area contributed by atoms with Crippen LogP contribution in [0.2, 0.25) is 0 Å². The average molecular weight is 206 g/mol. The maximum Gasteiger partial charge on any atom is 0.119 e. The molecule has 0 spiro atoms. The first-order chi connectivity index (χ1) is 7.22. The van der Waals surface area contributed by atoms with Gasteiger partial charge in [-0.05, 0) is 31.0 Å². The van der Waals surface area contributed by atoms with Gasteiger partial charge in [0.25, 0.3) is 0 Å². The van der Waals surface area contributed by atoms with Crippen molar-refractivity contribution < 1.29 is 4.74 Å². The van der Waals surface area contributed by atoms with Gasteiger partial charge >= 0.3 is 0 Å². The Hall–Kier alpha value is -1.51. The van der Waals surface area contributed by atoms with E-state index in [9.17, 15) is 0 Å². The smallest absolute Gasteiger partial charge is 0.119 e. The van der Waals surface area contributed by atoms with Crippen LogP contribution in [0.5, 0.6) is 5.75 Å². The van der Waals surface area contributed by atoms with Gasteiger partial charge in [0.2, 0.25) is 0 Å². The minimum absolute atomic E-state index is 0.481. The monoisotopic (exact) mass is 206 g/mol. The molecule has 0 bridgehead atoms. The highest BCUT2D eigenvalue weighted by atomic mass is 16.5. The SMILES string of the molecule is CCCOc1cccc(CNC(C)=N)c1. The van der Waals surface area contributed by atoms with Gasteiger partial charge in [0.05, 0.1) is 12.4 Å². The summed E-state index contributed by atoms with van der Waals surface area (Å²) >= 11 is 0. The van der Waals surface area contributed by atoms with Crippen LogP contribution in [0.25, 0.3) is 0 Å². The largest absolute Gasteiger partial charge is 0.494 e. The van der Waals surface area contributed by atoms with E-state index in [-0.39, 0.29) is 0 Å². The van der Waals surface area contributed by atoms with Gasteiger partial charge in [0.15, 0.2) is 0 Å². The van der Waals surface area contributed by atoms with Crippen molar-refractivity contribution in [2.45, 2.75) is 26.8 Å². The lowest BCUT2D eigenvalue weighted by atomic mass is 10.2. The second-order valence-corrected chi connectivity index (χ2v) is 3.47. The highest BCUT2D eigenvalue weighted by Crippen LogP contribution is 2.13. The van der Waals surface area contributed by atoms with Gasteiger partial charge in [-0.3, -0.25) is 5.41 Å². The molecule has 0 unspecified atom stereocenters. The number of benzene rings is 1. The Balaban J connectivity index is 2.53. The van der Waals surface area contributed by atoms with Crippen LogP contribution in [0.4, 0.5) is 0 Å². The Labute approximate surface area is 91.0 Å². The molecule has 3 nitrogen and oxygen atoms in total. The molecule has 0 aromatic heterocycles. The first kappa shape index (κ1) is 11.6. The van der Waals surface area contributed by atoms with Crippen molar-refractivity contribution in [3.8, 4) is 5.75 Å². The molecule has 0 fully saturated rings. The maximum absolute atomic E-state index is 7.27. The summed E-state index contributed by atoms with van der Waals surface area (Å²) in [5.41, 5.74) is 1.13. The predicted molar refractivity (Wildman–Crippen MR) is 62.5 cm³/mol. The third-order valence-corrected chi connectivity index (χ3v) is 1.93. The van der Waals surface area contributed by atoms with Crippen LogP contribution < -0.4 is 10.1 Å². The summed E-state index contributed by atoms with van der Waals surface area (Å²) in [4.78, 5) is 0. The fraction of sp³-hybridized carbons (Fsp3) is 0.417. The number of hydrogen-bond acceptors (Lipinski definition) is 2. The number of rotatable bonds is 5. The van der Waals surface area contributed by atoms with Gasteiger partial charge in [-0.15, -0.1) is 0 Å². The van der Waals surface area contributed by atoms with Gasteiger partial charge in [0.1, 0.15) is 5.75 Å². The van der Waals surface area contributed by atoms with Gasteiger partial charge in [-0.1, -0.05) is 19.1 Å². The Morgan fingerprint density at radius 2 is 2.27 bits per heavy atom. The molecule has 1 rings (SSSR count). The Kier molecular flexibility index (Phi) is 4.68. The normalized spacial score (nSPS) is 9.73. The van der Waals surface area contributed by atoms with Crippen LogP contribution in [0.15, 0.2) is 24.3 Å². The Bertz CT molecular complexity index is 323. The quantitative estimate of drug-likeness (QED) is 0.574. The molecule has 0 aliphatic heterocycles. The molecule has 0 aliphatic rings. The van der Waals surface area contributed by atoms with Gasteiger partial charge < -0.3 is 10.1 Å². The summed E-state index contributed by atoms with van der Waals surface area (Å²) in [6.45, 7) is 5.25. The van der Waals surface area contributed by atoms with Gasteiger partial charge in [-0.2, -0.15) is 0 Å². The lowest BCUT2D eigenvalue weighted by Gasteiger charge is -2.07. The average Bonchev–Trinajstić information content (AvgIpc) is 2.24. The highest BCUT2D eigenvalue weighted by molar-refractivity contribution is 5.75. The molecule has 1 aromatic rings. The third kappa shape index (κ3) is 4.49. The van der Waals surface area contributed by atoms with Crippen LogP contribution in [0.3, 0.4) is 0 Å². The molecule has 0 atom stereocenters. The summed E-state index contributed by atoms with van der Waals surface area (Å²) in [6.07, 6.45) is 1.02. The molecular formula is C12H18N2O. The van der Waals surface area contributed by atoms with Gasteiger partial charge in [-0.25, -0.2) is 0 Å². The number of hydrogen-bond donors (Lipinski definition) is 2. The second kappa shape index (κ2) is 6.06. The standard InChI is InChI=1S/C12H18N2O/c1-3-7-15-12-6-4-5-11(8-12)9-14-10(2)13/h4-6,8H,3,7,9H2,1-2H3,(H2,13,14).